The zero-order valence-corrected chi connectivity index (χ0v) is 12.9. The Balaban J connectivity index is 3.01. The smallest absolute Gasteiger partial charge is 0.279 e. The third-order valence-electron chi connectivity index (χ3n) is 2.90. The Kier molecular flexibility index (Phi) is 5.34. The maximum atomic E-state index is 11.9. The highest BCUT2D eigenvalue weighted by atomic mass is 32.2. The van der Waals surface area contributed by atoms with Gasteiger partial charge in [-0.1, -0.05) is 26.0 Å². The fourth-order valence-electron chi connectivity index (χ4n) is 1.67. The van der Waals surface area contributed by atoms with Crippen LogP contribution < -0.4 is 9.46 Å². The van der Waals surface area contributed by atoms with Crippen molar-refractivity contribution >= 4 is 10.2 Å². The molecule has 5 nitrogen and oxygen atoms in total. The SMILES string of the molecule is COc1ccc([C@H](NS(=O)(=O)N(C)C)C(C)C)cc1. The van der Waals surface area contributed by atoms with Gasteiger partial charge in [0.15, 0.2) is 0 Å². The van der Waals surface area contributed by atoms with Gasteiger partial charge >= 0.3 is 0 Å². The Hall–Kier alpha value is -1.11. The molecule has 0 aliphatic heterocycles. The molecule has 0 aliphatic carbocycles. The summed E-state index contributed by atoms with van der Waals surface area (Å²) in [6.07, 6.45) is 0. The summed E-state index contributed by atoms with van der Waals surface area (Å²) in [6, 6.07) is 7.14. The molecule has 0 unspecified atom stereocenters. The van der Waals surface area contributed by atoms with E-state index in [4.69, 9.17) is 4.74 Å². The number of hydrogen-bond donors (Lipinski definition) is 1. The zero-order chi connectivity index (χ0) is 14.6. The average Bonchev–Trinajstić information content (AvgIpc) is 2.35. The van der Waals surface area contributed by atoms with Crippen LogP contribution in [0.15, 0.2) is 24.3 Å². The normalized spacial score (nSPS) is 13.8. The monoisotopic (exact) mass is 286 g/mol. The molecule has 1 N–H and O–H groups in total. The summed E-state index contributed by atoms with van der Waals surface area (Å²) in [5.41, 5.74) is 0.918. The lowest BCUT2D eigenvalue weighted by Gasteiger charge is -2.24. The fourth-order valence-corrected chi connectivity index (χ4v) is 2.61. The molecule has 19 heavy (non-hydrogen) atoms. The van der Waals surface area contributed by atoms with Crippen LogP contribution in [0.3, 0.4) is 0 Å². The number of methoxy groups -OCH3 is 1. The Morgan fingerprint density at radius 1 is 1.16 bits per heavy atom. The topological polar surface area (TPSA) is 58.6 Å². The summed E-state index contributed by atoms with van der Waals surface area (Å²) in [5.74, 6) is 0.893. The van der Waals surface area contributed by atoms with Crippen LogP contribution in [0.25, 0.3) is 0 Å². The third kappa shape index (κ3) is 4.19. The average molecular weight is 286 g/mol. The first-order valence-electron chi connectivity index (χ1n) is 6.11. The van der Waals surface area contributed by atoms with E-state index >= 15 is 0 Å². The lowest BCUT2D eigenvalue weighted by molar-refractivity contribution is 0.413. The number of nitrogens with one attached hydrogen (secondary N) is 1. The van der Waals surface area contributed by atoms with E-state index < -0.39 is 10.2 Å². The van der Waals surface area contributed by atoms with E-state index in [1.165, 1.54) is 18.4 Å². The Labute approximate surface area is 115 Å². The van der Waals surface area contributed by atoms with Crippen LogP contribution >= 0.6 is 0 Å². The van der Waals surface area contributed by atoms with E-state index in [-0.39, 0.29) is 12.0 Å². The molecule has 0 fully saturated rings. The molecule has 0 amide bonds. The van der Waals surface area contributed by atoms with E-state index in [1.54, 1.807) is 7.11 Å². The molecule has 0 heterocycles. The molecule has 0 saturated carbocycles. The summed E-state index contributed by atoms with van der Waals surface area (Å²) in [7, 11) is 1.16. The van der Waals surface area contributed by atoms with E-state index in [1.807, 2.05) is 38.1 Å². The lowest BCUT2D eigenvalue weighted by atomic mass is 9.97. The van der Waals surface area contributed by atoms with Crippen LogP contribution in [0, 0.1) is 5.92 Å². The molecule has 6 heteroatoms. The summed E-state index contributed by atoms with van der Waals surface area (Å²) in [6.45, 7) is 3.96. The molecule has 1 atom stereocenters. The minimum absolute atomic E-state index is 0.142. The van der Waals surface area contributed by atoms with E-state index in [9.17, 15) is 8.42 Å². The van der Waals surface area contributed by atoms with Crippen molar-refractivity contribution in [2.24, 2.45) is 5.92 Å². The predicted molar refractivity (Wildman–Crippen MR) is 76.3 cm³/mol. The highest BCUT2D eigenvalue weighted by molar-refractivity contribution is 7.87. The predicted octanol–water partition coefficient (Wildman–Crippen LogP) is 1.79. The molecule has 0 aromatic heterocycles. The first-order chi connectivity index (χ1) is 8.77. The third-order valence-corrected chi connectivity index (χ3v) is 4.41. The van der Waals surface area contributed by atoms with Crippen LogP contribution in [0.5, 0.6) is 5.75 Å². The number of rotatable bonds is 6. The first kappa shape index (κ1) is 15.9. The van der Waals surface area contributed by atoms with E-state index in [0.717, 1.165) is 11.3 Å². The van der Waals surface area contributed by atoms with Gasteiger partial charge in [0.1, 0.15) is 5.75 Å². The minimum Gasteiger partial charge on any atom is -0.497 e. The van der Waals surface area contributed by atoms with Crippen LogP contribution in [0.1, 0.15) is 25.5 Å². The molecule has 0 spiro atoms. The van der Waals surface area contributed by atoms with Gasteiger partial charge in [-0.05, 0) is 23.6 Å². The van der Waals surface area contributed by atoms with Crippen molar-refractivity contribution in [3.63, 3.8) is 0 Å². The van der Waals surface area contributed by atoms with Crippen molar-refractivity contribution in [1.82, 2.24) is 9.03 Å². The first-order valence-corrected chi connectivity index (χ1v) is 7.55. The van der Waals surface area contributed by atoms with Gasteiger partial charge in [0.2, 0.25) is 0 Å². The van der Waals surface area contributed by atoms with Crippen LogP contribution in [-0.2, 0) is 10.2 Å². The minimum atomic E-state index is -3.45. The fraction of sp³-hybridized carbons (Fsp3) is 0.538. The number of nitrogens with zero attached hydrogens (tertiary/aromatic N) is 1. The van der Waals surface area contributed by atoms with Crippen LogP contribution in [0.4, 0.5) is 0 Å². The van der Waals surface area contributed by atoms with Gasteiger partial charge in [0.05, 0.1) is 13.2 Å². The van der Waals surface area contributed by atoms with Gasteiger partial charge in [-0.3, -0.25) is 0 Å². The number of hydrogen-bond acceptors (Lipinski definition) is 3. The van der Waals surface area contributed by atoms with Crippen molar-refractivity contribution < 1.29 is 13.2 Å². The summed E-state index contributed by atoms with van der Waals surface area (Å²) >= 11 is 0. The molecule has 0 radical (unpaired) electrons. The Bertz CT molecular complexity index is 495. The van der Waals surface area contributed by atoms with Gasteiger partial charge in [-0.2, -0.15) is 17.4 Å². The van der Waals surface area contributed by atoms with Crippen LogP contribution in [0.2, 0.25) is 0 Å². The highest BCUT2D eigenvalue weighted by Crippen LogP contribution is 2.24. The van der Waals surface area contributed by atoms with Gasteiger partial charge in [-0.15, -0.1) is 0 Å². The van der Waals surface area contributed by atoms with Gasteiger partial charge in [0, 0.05) is 14.1 Å². The van der Waals surface area contributed by atoms with Crippen molar-refractivity contribution in [3.8, 4) is 5.75 Å². The molecule has 108 valence electrons. The second-order valence-electron chi connectivity index (χ2n) is 4.90. The number of benzene rings is 1. The van der Waals surface area contributed by atoms with Crippen molar-refractivity contribution in [2.45, 2.75) is 19.9 Å². The second-order valence-corrected chi connectivity index (χ2v) is 6.82. The maximum Gasteiger partial charge on any atom is 0.279 e. The van der Waals surface area contributed by atoms with Crippen molar-refractivity contribution in [3.05, 3.63) is 29.8 Å². The molecule has 1 aromatic carbocycles. The van der Waals surface area contributed by atoms with Gasteiger partial charge in [-0.25, -0.2) is 0 Å². The molecular weight excluding hydrogens is 264 g/mol. The standard InChI is InChI=1S/C13H22N2O3S/c1-10(2)13(14-19(16,17)15(3)4)11-6-8-12(18-5)9-7-11/h6-10,13-14H,1-5H3/t13-/m1/s1. The summed E-state index contributed by atoms with van der Waals surface area (Å²) < 4.78 is 32.8. The molecular formula is C13H22N2O3S. The number of ether oxygens (including phenoxy) is 1. The molecule has 1 rings (SSSR count). The van der Waals surface area contributed by atoms with Crippen LogP contribution in [-0.4, -0.2) is 33.9 Å². The highest BCUT2D eigenvalue weighted by Gasteiger charge is 2.23. The van der Waals surface area contributed by atoms with E-state index in [2.05, 4.69) is 4.72 Å². The largest absolute Gasteiger partial charge is 0.497 e. The van der Waals surface area contributed by atoms with E-state index in [0.29, 0.717) is 0 Å². The van der Waals surface area contributed by atoms with Crippen molar-refractivity contribution in [1.29, 1.82) is 0 Å². The molecule has 1 aromatic rings. The van der Waals surface area contributed by atoms with Gasteiger partial charge in [0.25, 0.3) is 10.2 Å². The second kappa shape index (κ2) is 6.36. The zero-order valence-electron chi connectivity index (χ0n) is 12.0. The Morgan fingerprint density at radius 3 is 2.05 bits per heavy atom. The molecule has 0 saturated heterocycles. The van der Waals surface area contributed by atoms with Crippen molar-refractivity contribution in [2.75, 3.05) is 21.2 Å². The summed E-state index contributed by atoms with van der Waals surface area (Å²) in [5, 5.41) is 0. The molecule has 0 aliphatic rings. The Morgan fingerprint density at radius 2 is 1.68 bits per heavy atom. The quantitative estimate of drug-likeness (QED) is 0.867. The summed E-state index contributed by atoms with van der Waals surface area (Å²) in [4.78, 5) is 0. The lowest BCUT2D eigenvalue weighted by Crippen LogP contribution is -2.39. The maximum absolute atomic E-state index is 11.9. The molecule has 0 bridgehead atoms. The van der Waals surface area contributed by atoms with Gasteiger partial charge < -0.3 is 4.74 Å².